The van der Waals surface area contributed by atoms with Crippen molar-refractivity contribution in [1.29, 1.82) is 0 Å². The van der Waals surface area contributed by atoms with Gasteiger partial charge < -0.3 is 0 Å². The second-order valence-corrected chi connectivity index (χ2v) is 7.79. The summed E-state index contributed by atoms with van der Waals surface area (Å²) in [6.45, 7) is 12.0. The lowest BCUT2D eigenvalue weighted by Crippen LogP contribution is -2.57. The van der Waals surface area contributed by atoms with Crippen LogP contribution in [0.1, 0.15) is 38.3 Å². The van der Waals surface area contributed by atoms with Crippen molar-refractivity contribution < 1.29 is 0 Å². The molecule has 3 fully saturated rings. The van der Waals surface area contributed by atoms with E-state index in [-0.39, 0.29) is 11.5 Å². The number of fused-ring (bicyclic) bond motifs is 3. The summed E-state index contributed by atoms with van der Waals surface area (Å²) in [5.41, 5.74) is 0.939. The molecule has 1 aromatic heterocycles. The van der Waals surface area contributed by atoms with E-state index >= 15 is 0 Å². The van der Waals surface area contributed by atoms with E-state index < -0.39 is 0 Å². The summed E-state index contributed by atoms with van der Waals surface area (Å²) in [4.78, 5) is 14.3. The number of hydrogen-bond donors (Lipinski definition) is 0. The van der Waals surface area contributed by atoms with Gasteiger partial charge in [0.25, 0.3) is 0 Å². The van der Waals surface area contributed by atoms with Crippen LogP contribution in [0, 0.1) is 0 Å². The maximum atomic E-state index is 6.32. The van der Waals surface area contributed by atoms with Gasteiger partial charge in [-0.05, 0) is 15.9 Å². The molecule has 0 amide bonds. The zero-order chi connectivity index (χ0) is 14.5. The quantitative estimate of drug-likeness (QED) is 0.722. The van der Waals surface area contributed by atoms with E-state index in [1.54, 1.807) is 0 Å². The number of piperazine rings is 3. The minimum Gasteiger partial charge on any atom is -0.299 e. The van der Waals surface area contributed by atoms with Crippen molar-refractivity contribution in [3.63, 3.8) is 0 Å². The Morgan fingerprint density at radius 3 is 2.30 bits per heavy atom. The molecule has 6 heteroatoms. The van der Waals surface area contributed by atoms with Crippen LogP contribution >= 0.6 is 27.5 Å². The molecule has 20 heavy (non-hydrogen) atoms. The van der Waals surface area contributed by atoms with Crippen LogP contribution in [-0.2, 0) is 5.41 Å². The summed E-state index contributed by atoms with van der Waals surface area (Å²) < 4.78 is 0.826. The van der Waals surface area contributed by atoms with E-state index in [0.717, 1.165) is 48.7 Å². The molecule has 0 saturated carbocycles. The third kappa shape index (κ3) is 2.61. The van der Waals surface area contributed by atoms with Gasteiger partial charge in [0.1, 0.15) is 11.0 Å². The van der Waals surface area contributed by atoms with Gasteiger partial charge in [-0.2, -0.15) is 0 Å². The zero-order valence-electron chi connectivity index (χ0n) is 12.2. The number of hydrogen-bond acceptors (Lipinski definition) is 4. The van der Waals surface area contributed by atoms with Gasteiger partial charge in [0, 0.05) is 38.1 Å². The minimum absolute atomic E-state index is 0.0521. The van der Waals surface area contributed by atoms with Crippen LogP contribution < -0.4 is 0 Å². The van der Waals surface area contributed by atoms with Crippen molar-refractivity contribution >= 4 is 27.5 Å². The molecule has 1 aromatic rings. The number of halogens is 2. The monoisotopic (exact) mass is 358 g/mol. The van der Waals surface area contributed by atoms with Crippen LogP contribution in [0.5, 0.6) is 0 Å². The maximum Gasteiger partial charge on any atom is 0.148 e. The van der Waals surface area contributed by atoms with Crippen molar-refractivity contribution in [3.8, 4) is 0 Å². The Bertz CT molecular complexity index is 521. The van der Waals surface area contributed by atoms with Gasteiger partial charge in [0.05, 0.1) is 16.2 Å². The normalized spacial score (nSPS) is 29.8. The van der Waals surface area contributed by atoms with Crippen LogP contribution in [0.4, 0.5) is 0 Å². The summed E-state index contributed by atoms with van der Waals surface area (Å²) in [6, 6.07) is 0.282. The Morgan fingerprint density at radius 1 is 1.15 bits per heavy atom. The second kappa shape index (κ2) is 5.20. The predicted molar refractivity (Wildman–Crippen MR) is 84.2 cm³/mol. The molecule has 4 rings (SSSR count). The van der Waals surface area contributed by atoms with Gasteiger partial charge >= 0.3 is 0 Å². The van der Waals surface area contributed by atoms with Gasteiger partial charge in [-0.25, -0.2) is 9.97 Å². The second-order valence-electron chi connectivity index (χ2n) is 6.64. The Hall–Kier alpha value is -0.230. The van der Waals surface area contributed by atoms with E-state index in [1.807, 2.05) is 0 Å². The number of nitrogens with zero attached hydrogens (tertiary/aromatic N) is 4. The highest BCUT2D eigenvalue weighted by Crippen LogP contribution is 2.35. The Balaban J connectivity index is 2.00. The highest BCUT2D eigenvalue weighted by molar-refractivity contribution is 9.10. The highest BCUT2D eigenvalue weighted by atomic mass is 79.9. The standard InChI is InChI=1S/C14H20BrClN4/c1-14(2,3)11-10(15)12(16)18-13(17-11)9-8-19-4-6-20(9)7-5-19/h9H,4-8H2,1-3H3. The molecule has 1 atom stereocenters. The molecule has 3 aliphatic rings. The van der Waals surface area contributed by atoms with E-state index in [9.17, 15) is 0 Å². The first-order chi connectivity index (χ1) is 9.36. The summed E-state index contributed by atoms with van der Waals surface area (Å²) >= 11 is 9.85. The Kier molecular flexibility index (Phi) is 3.82. The fourth-order valence-corrected chi connectivity index (χ4v) is 3.89. The van der Waals surface area contributed by atoms with E-state index in [2.05, 4.69) is 51.5 Å². The van der Waals surface area contributed by atoms with E-state index in [4.69, 9.17) is 16.6 Å². The van der Waals surface area contributed by atoms with Crippen molar-refractivity contribution in [2.75, 3.05) is 32.7 Å². The van der Waals surface area contributed by atoms with Gasteiger partial charge in [0.15, 0.2) is 0 Å². The molecule has 3 saturated heterocycles. The topological polar surface area (TPSA) is 32.3 Å². The van der Waals surface area contributed by atoms with Gasteiger partial charge in [-0.3, -0.25) is 9.80 Å². The van der Waals surface area contributed by atoms with E-state index in [0.29, 0.717) is 5.15 Å². The average molecular weight is 360 g/mol. The SMILES string of the molecule is CC(C)(C)c1nc(C2CN3CCN2CC3)nc(Cl)c1Br. The number of rotatable bonds is 1. The third-order valence-corrected chi connectivity index (χ3v) is 5.37. The molecule has 0 radical (unpaired) electrons. The highest BCUT2D eigenvalue weighted by Gasteiger charge is 2.35. The molecule has 0 spiro atoms. The van der Waals surface area contributed by atoms with Gasteiger partial charge in [-0.15, -0.1) is 0 Å². The predicted octanol–water partition coefficient (Wildman–Crippen LogP) is 2.86. The fourth-order valence-electron chi connectivity index (χ4n) is 2.94. The lowest BCUT2D eigenvalue weighted by Gasteiger charge is -2.46. The Morgan fingerprint density at radius 2 is 1.80 bits per heavy atom. The first-order valence-electron chi connectivity index (χ1n) is 7.06. The molecule has 2 bridgehead atoms. The molecule has 3 aliphatic heterocycles. The van der Waals surface area contributed by atoms with Crippen molar-refractivity contribution in [3.05, 3.63) is 21.1 Å². The summed E-state index contributed by atoms with van der Waals surface area (Å²) in [5, 5.41) is 0.526. The molecular weight excluding hydrogens is 340 g/mol. The molecule has 0 aromatic carbocycles. The van der Waals surface area contributed by atoms with Crippen LogP contribution in [0.15, 0.2) is 4.47 Å². The van der Waals surface area contributed by atoms with Crippen LogP contribution in [0.25, 0.3) is 0 Å². The maximum absolute atomic E-state index is 6.32. The fraction of sp³-hybridized carbons (Fsp3) is 0.714. The first kappa shape index (κ1) is 14.7. The van der Waals surface area contributed by atoms with E-state index in [1.165, 1.54) is 0 Å². The average Bonchev–Trinajstić information content (AvgIpc) is 2.41. The number of aromatic nitrogens is 2. The first-order valence-corrected chi connectivity index (χ1v) is 8.23. The minimum atomic E-state index is -0.0521. The summed E-state index contributed by atoms with van der Waals surface area (Å²) in [7, 11) is 0. The third-order valence-electron chi connectivity index (χ3n) is 4.12. The molecule has 0 N–H and O–H groups in total. The molecule has 1 unspecified atom stereocenters. The molecular formula is C14H20BrClN4. The van der Waals surface area contributed by atoms with Gasteiger partial charge in [-0.1, -0.05) is 32.4 Å². The largest absolute Gasteiger partial charge is 0.299 e. The van der Waals surface area contributed by atoms with Crippen LogP contribution in [0.2, 0.25) is 5.15 Å². The smallest absolute Gasteiger partial charge is 0.148 e. The lowest BCUT2D eigenvalue weighted by atomic mass is 9.92. The zero-order valence-corrected chi connectivity index (χ0v) is 14.5. The molecule has 4 nitrogen and oxygen atoms in total. The van der Waals surface area contributed by atoms with Crippen molar-refractivity contribution in [2.24, 2.45) is 0 Å². The molecule has 110 valence electrons. The van der Waals surface area contributed by atoms with Crippen LogP contribution in [0.3, 0.4) is 0 Å². The molecule has 4 heterocycles. The summed E-state index contributed by atoms with van der Waals surface area (Å²) in [5.74, 6) is 0.868. The molecule has 0 aliphatic carbocycles. The lowest BCUT2D eigenvalue weighted by molar-refractivity contribution is 0.00847. The van der Waals surface area contributed by atoms with Crippen LogP contribution in [-0.4, -0.2) is 52.5 Å². The van der Waals surface area contributed by atoms with Crippen molar-refractivity contribution in [2.45, 2.75) is 32.2 Å². The summed E-state index contributed by atoms with van der Waals surface area (Å²) in [6.07, 6.45) is 0. The Labute approximate surface area is 133 Å². The van der Waals surface area contributed by atoms with Crippen molar-refractivity contribution in [1.82, 2.24) is 19.8 Å². The van der Waals surface area contributed by atoms with Gasteiger partial charge in [0.2, 0.25) is 0 Å².